The number of carboxylic acids is 1. The van der Waals surface area contributed by atoms with E-state index in [9.17, 15) is 13.2 Å². The van der Waals surface area contributed by atoms with Crippen molar-refractivity contribution >= 4 is 38.9 Å². The number of halogens is 1. The highest BCUT2D eigenvalue weighted by atomic mass is 35.5. The second-order valence-electron chi connectivity index (χ2n) is 6.73. The van der Waals surface area contributed by atoms with Crippen molar-refractivity contribution in [3.05, 3.63) is 16.0 Å². The Labute approximate surface area is 150 Å². The lowest BCUT2D eigenvalue weighted by atomic mass is 9.86. The van der Waals surface area contributed by atoms with Gasteiger partial charge in [0.1, 0.15) is 4.21 Å². The summed E-state index contributed by atoms with van der Waals surface area (Å²) in [7, 11) is -3.56. The van der Waals surface area contributed by atoms with Gasteiger partial charge < -0.3 is 5.11 Å². The van der Waals surface area contributed by atoms with Crippen molar-refractivity contribution in [2.45, 2.75) is 48.9 Å². The molecule has 9 heteroatoms. The summed E-state index contributed by atoms with van der Waals surface area (Å²) >= 11 is 7.01. The Morgan fingerprint density at radius 2 is 2.12 bits per heavy atom. The number of aryl methyl sites for hydroxylation is 1. The van der Waals surface area contributed by atoms with Crippen molar-refractivity contribution < 1.29 is 18.3 Å². The van der Waals surface area contributed by atoms with Crippen molar-refractivity contribution in [3.8, 4) is 0 Å². The monoisotopic (exact) mass is 392 g/mol. The molecular weight excluding hydrogens is 372 g/mol. The molecule has 0 amide bonds. The molecule has 1 heterocycles. The van der Waals surface area contributed by atoms with Crippen LogP contribution in [-0.2, 0) is 14.8 Å². The highest BCUT2D eigenvalue weighted by molar-refractivity contribution is 7.91. The Morgan fingerprint density at radius 1 is 1.46 bits per heavy atom. The van der Waals surface area contributed by atoms with Crippen molar-refractivity contribution in [3.63, 3.8) is 0 Å². The third-order valence-corrected chi connectivity index (χ3v) is 8.13. The molecule has 3 rings (SSSR count). The van der Waals surface area contributed by atoms with E-state index in [2.05, 4.69) is 4.72 Å². The lowest BCUT2D eigenvalue weighted by Gasteiger charge is -2.42. The molecule has 2 aliphatic rings. The summed E-state index contributed by atoms with van der Waals surface area (Å²) in [5.74, 6) is -0.222. The summed E-state index contributed by atoms with van der Waals surface area (Å²) in [4.78, 5) is 13.0. The standard InChI is InChI=1S/C15H21ClN2O4S2/c1-9-4-14(23-15(9)16)24(21,22)17-11-5-12(6-11)18(8-13(19)20)7-10-2-3-10/h4,10-12,17H,2-3,5-8H2,1H3,(H,19,20). The molecule has 1 aromatic rings. The minimum absolute atomic E-state index is 0.0281. The zero-order chi connectivity index (χ0) is 17.5. The summed E-state index contributed by atoms with van der Waals surface area (Å²) in [5.41, 5.74) is 0.755. The lowest BCUT2D eigenvalue weighted by molar-refractivity contribution is -0.139. The number of carbonyl (C=O) groups is 1. The molecule has 2 N–H and O–H groups in total. The van der Waals surface area contributed by atoms with Crippen LogP contribution in [0.5, 0.6) is 0 Å². The molecule has 6 nitrogen and oxygen atoms in total. The zero-order valence-electron chi connectivity index (χ0n) is 13.4. The Bertz CT molecular complexity index is 704. The van der Waals surface area contributed by atoms with E-state index in [1.165, 1.54) is 0 Å². The number of hydrogen-bond acceptors (Lipinski definition) is 5. The molecule has 0 atom stereocenters. The van der Waals surface area contributed by atoms with E-state index in [4.69, 9.17) is 16.7 Å². The smallest absolute Gasteiger partial charge is 0.317 e. The van der Waals surface area contributed by atoms with Crippen LogP contribution in [0.4, 0.5) is 0 Å². The molecule has 2 saturated carbocycles. The number of hydrogen-bond donors (Lipinski definition) is 2. The van der Waals surface area contributed by atoms with Crippen LogP contribution in [0.2, 0.25) is 4.34 Å². The Balaban J connectivity index is 1.56. The van der Waals surface area contributed by atoms with Crippen LogP contribution in [0.15, 0.2) is 10.3 Å². The number of thiophene rings is 1. The molecule has 1 aromatic heterocycles. The second-order valence-corrected chi connectivity index (χ2v) is 10.3. The maximum absolute atomic E-state index is 12.4. The third-order valence-electron chi connectivity index (χ3n) is 4.58. The van der Waals surface area contributed by atoms with Crippen LogP contribution in [0.3, 0.4) is 0 Å². The second kappa shape index (κ2) is 6.92. The van der Waals surface area contributed by atoms with Crippen LogP contribution < -0.4 is 4.72 Å². The van der Waals surface area contributed by atoms with Gasteiger partial charge in [0, 0.05) is 18.6 Å². The summed E-state index contributed by atoms with van der Waals surface area (Å²) in [6.07, 6.45) is 3.63. The molecule has 0 aromatic carbocycles. The van der Waals surface area contributed by atoms with Crippen molar-refractivity contribution in [2.75, 3.05) is 13.1 Å². The van der Waals surface area contributed by atoms with Gasteiger partial charge in [-0.15, -0.1) is 11.3 Å². The number of rotatable bonds is 8. The molecule has 0 bridgehead atoms. The predicted octanol–water partition coefficient (Wildman–Crippen LogP) is 2.32. The first-order valence-electron chi connectivity index (χ1n) is 7.98. The molecule has 24 heavy (non-hydrogen) atoms. The molecule has 2 fully saturated rings. The fourth-order valence-electron chi connectivity index (χ4n) is 2.97. The lowest BCUT2D eigenvalue weighted by Crippen LogP contribution is -2.55. The predicted molar refractivity (Wildman–Crippen MR) is 93.1 cm³/mol. The molecule has 0 spiro atoms. The number of nitrogens with one attached hydrogen (secondary N) is 1. The first kappa shape index (κ1) is 18.1. The highest BCUT2D eigenvalue weighted by Gasteiger charge is 2.39. The van der Waals surface area contributed by atoms with E-state index in [1.807, 2.05) is 4.90 Å². The normalized spacial score (nSPS) is 24.1. The minimum Gasteiger partial charge on any atom is -0.480 e. The minimum atomic E-state index is -3.56. The van der Waals surface area contributed by atoms with E-state index < -0.39 is 16.0 Å². The van der Waals surface area contributed by atoms with Crippen LogP contribution >= 0.6 is 22.9 Å². The number of nitrogens with zero attached hydrogens (tertiary/aromatic N) is 1. The van der Waals surface area contributed by atoms with Crippen LogP contribution in [-0.4, -0.2) is 49.6 Å². The topological polar surface area (TPSA) is 86.7 Å². The maximum atomic E-state index is 12.4. The van der Waals surface area contributed by atoms with E-state index in [-0.39, 0.29) is 22.8 Å². The fraction of sp³-hybridized carbons (Fsp3) is 0.667. The summed E-state index contributed by atoms with van der Waals surface area (Å²) < 4.78 is 28.2. The van der Waals surface area contributed by atoms with Crippen LogP contribution in [0, 0.1) is 12.8 Å². The van der Waals surface area contributed by atoms with Crippen molar-refractivity contribution in [1.29, 1.82) is 0 Å². The van der Waals surface area contributed by atoms with Gasteiger partial charge in [0.05, 0.1) is 10.9 Å². The molecule has 0 unspecified atom stereocenters. The molecule has 0 radical (unpaired) electrons. The molecule has 0 aliphatic heterocycles. The van der Waals surface area contributed by atoms with Gasteiger partial charge in [-0.1, -0.05) is 11.6 Å². The third kappa shape index (κ3) is 4.29. The van der Waals surface area contributed by atoms with Gasteiger partial charge in [-0.2, -0.15) is 0 Å². The van der Waals surface area contributed by atoms with Crippen LogP contribution in [0.25, 0.3) is 0 Å². The average Bonchev–Trinajstić information content (AvgIpc) is 3.17. The van der Waals surface area contributed by atoms with E-state index >= 15 is 0 Å². The van der Waals surface area contributed by atoms with Crippen molar-refractivity contribution in [2.24, 2.45) is 5.92 Å². The molecule has 134 valence electrons. The number of sulfonamides is 1. The van der Waals surface area contributed by atoms with E-state index in [0.717, 1.165) is 36.3 Å². The Kier molecular flexibility index (Phi) is 5.22. The quantitative estimate of drug-likeness (QED) is 0.708. The molecule has 2 aliphatic carbocycles. The van der Waals surface area contributed by atoms with Gasteiger partial charge in [-0.3, -0.25) is 9.69 Å². The fourth-order valence-corrected chi connectivity index (χ4v) is 5.96. The SMILES string of the molecule is Cc1cc(S(=O)(=O)NC2CC(N(CC(=O)O)CC3CC3)C2)sc1Cl. The first-order valence-corrected chi connectivity index (χ1v) is 10.7. The average molecular weight is 393 g/mol. The molecule has 0 saturated heterocycles. The summed E-state index contributed by atoms with van der Waals surface area (Å²) in [6, 6.07) is 1.58. The number of carboxylic acid groups (broad SMARTS) is 1. The van der Waals surface area contributed by atoms with Gasteiger partial charge in [0.15, 0.2) is 0 Å². The first-order chi connectivity index (χ1) is 11.2. The van der Waals surface area contributed by atoms with Crippen LogP contribution in [0.1, 0.15) is 31.2 Å². The Hall–Kier alpha value is -0.670. The van der Waals surface area contributed by atoms with Crippen molar-refractivity contribution in [1.82, 2.24) is 9.62 Å². The van der Waals surface area contributed by atoms with Gasteiger partial charge in [-0.25, -0.2) is 13.1 Å². The molecular formula is C15H21ClN2O4S2. The zero-order valence-corrected chi connectivity index (χ0v) is 15.8. The van der Waals surface area contributed by atoms with E-state index in [1.54, 1.807) is 13.0 Å². The maximum Gasteiger partial charge on any atom is 0.317 e. The van der Waals surface area contributed by atoms with Gasteiger partial charge >= 0.3 is 5.97 Å². The summed E-state index contributed by atoms with van der Waals surface area (Å²) in [6.45, 7) is 2.61. The van der Waals surface area contributed by atoms with Gasteiger partial charge in [0.25, 0.3) is 0 Å². The number of aliphatic carboxylic acids is 1. The summed E-state index contributed by atoms with van der Waals surface area (Å²) in [5, 5.41) is 9.05. The largest absolute Gasteiger partial charge is 0.480 e. The van der Waals surface area contributed by atoms with Gasteiger partial charge in [-0.05, 0) is 50.2 Å². The van der Waals surface area contributed by atoms with Gasteiger partial charge in [0.2, 0.25) is 10.0 Å². The highest BCUT2D eigenvalue weighted by Crippen LogP contribution is 2.35. The Morgan fingerprint density at radius 3 is 2.62 bits per heavy atom. The van der Waals surface area contributed by atoms with E-state index in [0.29, 0.717) is 23.1 Å².